The highest BCUT2D eigenvalue weighted by atomic mass is 32.1. The van der Waals surface area contributed by atoms with Crippen molar-refractivity contribution in [3.8, 4) is 27.9 Å². The van der Waals surface area contributed by atoms with Gasteiger partial charge >= 0.3 is 0 Å². The third kappa shape index (κ3) is 2.69. The van der Waals surface area contributed by atoms with Crippen LogP contribution >= 0.6 is 22.7 Å². The van der Waals surface area contributed by atoms with Gasteiger partial charge in [-0.15, -0.1) is 22.7 Å². The average molecular weight is 580 g/mol. The molecule has 0 radical (unpaired) electrons. The number of nitrogens with zero attached hydrogens (tertiary/aromatic N) is 1. The number of fused-ring (bicyclic) bond motifs is 15. The van der Waals surface area contributed by atoms with Crippen molar-refractivity contribution in [1.82, 2.24) is 4.57 Å². The summed E-state index contributed by atoms with van der Waals surface area (Å²) >= 11 is 3.88. The minimum atomic E-state index is 1.25. The fourth-order valence-electron chi connectivity index (χ4n) is 7.85. The van der Waals surface area contributed by atoms with Gasteiger partial charge in [-0.1, -0.05) is 103 Å². The number of thiophene rings is 2. The summed E-state index contributed by atoms with van der Waals surface area (Å²) in [7, 11) is 0. The van der Waals surface area contributed by atoms with Gasteiger partial charge in [-0.05, 0) is 51.9 Å². The maximum Gasteiger partial charge on any atom is 0.0727 e. The van der Waals surface area contributed by atoms with Crippen molar-refractivity contribution in [3.05, 3.63) is 127 Å². The van der Waals surface area contributed by atoms with Gasteiger partial charge in [0.2, 0.25) is 0 Å². The van der Waals surface area contributed by atoms with Crippen LogP contribution in [0.15, 0.2) is 127 Å². The van der Waals surface area contributed by atoms with Gasteiger partial charge < -0.3 is 4.57 Å². The van der Waals surface area contributed by atoms with Crippen LogP contribution < -0.4 is 0 Å². The SMILES string of the molecule is c1ccc2c(c1)-c1cccc3c(-n4c5ccccc5c5c6c7ccccc7sc6c6c7ccccc7sc6c54)ccc-2c13. The first-order chi connectivity index (χ1) is 21.4. The molecule has 0 amide bonds. The van der Waals surface area contributed by atoms with Crippen molar-refractivity contribution in [3.63, 3.8) is 0 Å². The quantitative estimate of drug-likeness (QED) is 0.182. The van der Waals surface area contributed by atoms with E-state index >= 15 is 0 Å². The molecule has 0 spiro atoms. The summed E-state index contributed by atoms with van der Waals surface area (Å²) in [4.78, 5) is 0. The van der Waals surface area contributed by atoms with E-state index in [1.807, 2.05) is 22.7 Å². The van der Waals surface area contributed by atoms with Crippen molar-refractivity contribution in [2.45, 2.75) is 0 Å². The molecule has 10 aromatic rings. The number of para-hydroxylation sites is 1. The minimum Gasteiger partial charge on any atom is -0.307 e. The highest BCUT2D eigenvalue weighted by molar-refractivity contribution is 7.30. The van der Waals surface area contributed by atoms with Crippen molar-refractivity contribution < 1.29 is 0 Å². The van der Waals surface area contributed by atoms with Crippen molar-refractivity contribution in [1.29, 1.82) is 0 Å². The van der Waals surface area contributed by atoms with Gasteiger partial charge in [0, 0.05) is 51.8 Å². The average Bonchev–Trinajstić information content (AvgIpc) is 3.80. The van der Waals surface area contributed by atoms with Gasteiger partial charge in [0.1, 0.15) is 0 Å². The summed E-state index contributed by atoms with van der Waals surface area (Å²) in [6.45, 7) is 0. The Balaban J connectivity index is 1.43. The molecule has 11 rings (SSSR count). The molecule has 3 heteroatoms. The number of benzene rings is 7. The second kappa shape index (κ2) is 7.90. The Labute approximate surface area is 254 Å². The van der Waals surface area contributed by atoms with Crippen LogP contribution in [0.25, 0.3) is 101 Å². The number of aromatic nitrogens is 1. The molecule has 0 fully saturated rings. The molecule has 0 bridgehead atoms. The van der Waals surface area contributed by atoms with Crippen LogP contribution in [0.2, 0.25) is 0 Å². The van der Waals surface area contributed by atoms with Crippen LogP contribution in [0.4, 0.5) is 0 Å². The van der Waals surface area contributed by atoms with Crippen LogP contribution in [0.3, 0.4) is 0 Å². The Morgan fingerprint density at radius 3 is 1.74 bits per heavy atom. The third-order valence-electron chi connectivity index (χ3n) is 9.52. The summed E-state index contributed by atoms with van der Waals surface area (Å²) < 4.78 is 8.05. The van der Waals surface area contributed by atoms with Crippen molar-refractivity contribution in [2.24, 2.45) is 0 Å². The summed E-state index contributed by atoms with van der Waals surface area (Å²) in [5.74, 6) is 0. The normalized spacial score (nSPS) is 12.7. The summed E-state index contributed by atoms with van der Waals surface area (Å²) in [5.41, 5.74) is 9.17. The lowest BCUT2D eigenvalue weighted by Gasteiger charge is -2.14. The minimum absolute atomic E-state index is 1.25. The van der Waals surface area contributed by atoms with E-state index in [1.54, 1.807) is 0 Å². The largest absolute Gasteiger partial charge is 0.307 e. The zero-order chi connectivity index (χ0) is 27.8. The fraction of sp³-hybridized carbons (Fsp3) is 0. The lowest BCUT2D eigenvalue weighted by Crippen LogP contribution is -1.96. The van der Waals surface area contributed by atoms with Crippen LogP contribution in [-0.4, -0.2) is 4.57 Å². The Kier molecular flexibility index (Phi) is 4.15. The molecule has 0 saturated carbocycles. The first-order valence-corrected chi connectivity index (χ1v) is 16.3. The monoisotopic (exact) mass is 579 g/mol. The fourth-order valence-corrected chi connectivity index (χ4v) is 10.4. The summed E-state index contributed by atoms with van der Waals surface area (Å²) in [6.07, 6.45) is 0. The lowest BCUT2D eigenvalue weighted by atomic mass is 10.0. The lowest BCUT2D eigenvalue weighted by molar-refractivity contribution is 1.21. The second-order valence-corrected chi connectivity index (χ2v) is 13.7. The Hall–Kier alpha value is -4.96. The Morgan fingerprint density at radius 1 is 0.372 bits per heavy atom. The first-order valence-electron chi connectivity index (χ1n) is 14.7. The van der Waals surface area contributed by atoms with E-state index in [0.717, 1.165) is 0 Å². The Bertz CT molecular complexity index is 2810. The molecule has 0 unspecified atom stereocenters. The standard InChI is InChI=1S/C40H21NS2/c1-2-11-23-22(10-1)24-15-9-16-26-31(21-20-25(23)34(24)26)41-30-17-6-3-12-27(30)35-36-28-13-4-7-18-32(28)42-39(36)37-29-14-5-8-19-33(29)43-40(37)38(35)41/h1-21H. The maximum absolute atomic E-state index is 2.58. The summed E-state index contributed by atoms with van der Waals surface area (Å²) in [5, 5.41) is 10.8. The first kappa shape index (κ1) is 22.6. The molecule has 43 heavy (non-hydrogen) atoms. The van der Waals surface area contributed by atoms with Gasteiger partial charge in [-0.25, -0.2) is 0 Å². The van der Waals surface area contributed by atoms with Gasteiger partial charge in [-0.2, -0.15) is 0 Å². The molecule has 1 nitrogen and oxygen atoms in total. The van der Waals surface area contributed by atoms with E-state index < -0.39 is 0 Å². The second-order valence-electron chi connectivity index (χ2n) is 11.6. The van der Waals surface area contributed by atoms with Gasteiger partial charge in [0.25, 0.3) is 0 Å². The van der Waals surface area contributed by atoms with Crippen molar-refractivity contribution >= 4 is 95.6 Å². The van der Waals surface area contributed by atoms with Crippen LogP contribution in [0.5, 0.6) is 0 Å². The van der Waals surface area contributed by atoms with Crippen molar-refractivity contribution in [2.75, 3.05) is 0 Å². The van der Waals surface area contributed by atoms with Gasteiger partial charge in [0.15, 0.2) is 0 Å². The molecule has 0 saturated heterocycles. The molecule has 3 heterocycles. The molecular formula is C40H21NS2. The van der Waals surface area contributed by atoms with Gasteiger partial charge in [0.05, 0.1) is 21.4 Å². The van der Waals surface area contributed by atoms with E-state index in [4.69, 9.17) is 0 Å². The predicted molar refractivity (Wildman–Crippen MR) is 188 cm³/mol. The molecule has 1 aliphatic rings. The maximum atomic E-state index is 2.58. The number of hydrogen-bond donors (Lipinski definition) is 0. The third-order valence-corrected chi connectivity index (χ3v) is 11.9. The smallest absolute Gasteiger partial charge is 0.0727 e. The van der Waals surface area contributed by atoms with Gasteiger partial charge in [-0.3, -0.25) is 0 Å². The molecule has 0 aliphatic heterocycles. The van der Waals surface area contributed by atoms with E-state index in [2.05, 4.69) is 132 Å². The van der Waals surface area contributed by atoms with E-state index in [-0.39, 0.29) is 0 Å². The van der Waals surface area contributed by atoms with Crippen LogP contribution in [-0.2, 0) is 0 Å². The van der Waals surface area contributed by atoms with E-state index in [0.29, 0.717) is 0 Å². The zero-order valence-corrected chi connectivity index (χ0v) is 24.5. The molecular weight excluding hydrogens is 559 g/mol. The predicted octanol–water partition coefficient (Wildman–Crippen LogP) is 12.3. The van der Waals surface area contributed by atoms with Crippen LogP contribution in [0, 0.1) is 0 Å². The number of hydrogen-bond acceptors (Lipinski definition) is 2. The number of rotatable bonds is 1. The van der Waals surface area contributed by atoms with E-state index in [1.165, 1.54) is 101 Å². The zero-order valence-electron chi connectivity index (χ0n) is 22.9. The van der Waals surface area contributed by atoms with E-state index in [9.17, 15) is 0 Å². The highest BCUT2D eigenvalue weighted by Gasteiger charge is 2.27. The highest BCUT2D eigenvalue weighted by Crippen LogP contribution is 2.53. The Morgan fingerprint density at radius 2 is 0.953 bits per heavy atom. The molecule has 0 N–H and O–H groups in total. The molecule has 0 atom stereocenters. The molecule has 1 aliphatic carbocycles. The molecule has 3 aromatic heterocycles. The molecule has 198 valence electrons. The summed E-state index contributed by atoms with van der Waals surface area (Å²) in [6, 6.07) is 47.4. The topological polar surface area (TPSA) is 4.93 Å². The van der Waals surface area contributed by atoms with Crippen LogP contribution in [0.1, 0.15) is 0 Å². The molecule has 7 aromatic carbocycles.